The first-order chi connectivity index (χ1) is 16.0. The Morgan fingerprint density at radius 1 is 0.971 bits per heavy atom. The van der Waals surface area contributed by atoms with Gasteiger partial charge in [0.2, 0.25) is 0 Å². The predicted molar refractivity (Wildman–Crippen MR) is 120 cm³/mol. The van der Waals surface area contributed by atoms with Gasteiger partial charge in [0, 0.05) is 56.1 Å². The van der Waals surface area contributed by atoms with Crippen molar-refractivity contribution in [3.05, 3.63) is 72.2 Å². The number of hydrogen-bond acceptors (Lipinski definition) is 6. The molecular weight excluding hydrogens is 469 g/mol. The van der Waals surface area contributed by atoms with Gasteiger partial charge in [-0.2, -0.15) is 13.2 Å². The van der Waals surface area contributed by atoms with Gasteiger partial charge in [0.1, 0.15) is 0 Å². The number of nitrogens with zero attached hydrogens (tertiary/aromatic N) is 4. The molecule has 3 aromatic rings. The molecule has 1 fully saturated rings. The fourth-order valence-electron chi connectivity index (χ4n) is 3.79. The van der Waals surface area contributed by atoms with Crippen LogP contribution in [0.4, 0.5) is 18.9 Å². The van der Waals surface area contributed by atoms with E-state index in [2.05, 4.69) is 9.97 Å². The predicted octanol–water partition coefficient (Wildman–Crippen LogP) is 3.53. The van der Waals surface area contributed by atoms with Gasteiger partial charge in [0.25, 0.3) is 5.91 Å². The third kappa shape index (κ3) is 5.04. The van der Waals surface area contributed by atoms with Crippen molar-refractivity contribution in [1.29, 1.82) is 0 Å². The van der Waals surface area contributed by atoms with E-state index < -0.39 is 21.6 Å². The van der Waals surface area contributed by atoms with E-state index in [0.717, 1.165) is 18.4 Å². The molecule has 0 unspecified atom stereocenters. The summed E-state index contributed by atoms with van der Waals surface area (Å²) in [6, 6.07) is 9.24. The van der Waals surface area contributed by atoms with Crippen LogP contribution in [0.2, 0.25) is 0 Å². The Labute approximate surface area is 194 Å². The number of amides is 1. The summed E-state index contributed by atoms with van der Waals surface area (Å²) >= 11 is 0. The van der Waals surface area contributed by atoms with Crippen LogP contribution in [0.25, 0.3) is 11.3 Å². The van der Waals surface area contributed by atoms with Crippen molar-refractivity contribution >= 4 is 21.4 Å². The number of halogens is 3. The lowest BCUT2D eigenvalue weighted by molar-refractivity contribution is -0.137. The van der Waals surface area contributed by atoms with Crippen molar-refractivity contribution < 1.29 is 26.4 Å². The van der Waals surface area contributed by atoms with Gasteiger partial charge in [-0.25, -0.2) is 8.42 Å². The molecule has 11 heteroatoms. The topological polar surface area (TPSA) is 83.5 Å². The second kappa shape index (κ2) is 9.05. The van der Waals surface area contributed by atoms with Crippen molar-refractivity contribution in [1.82, 2.24) is 14.9 Å². The quantitative estimate of drug-likeness (QED) is 0.557. The summed E-state index contributed by atoms with van der Waals surface area (Å²) < 4.78 is 62.6. The third-order valence-electron chi connectivity index (χ3n) is 5.62. The molecule has 2 heterocycles. The van der Waals surface area contributed by atoms with Crippen LogP contribution in [0.15, 0.2) is 66.0 Å². The number of hydrogen-bond donors (Lipinski definition) is 0. The maximum absolute atomic E-state index is 13.4. The summed E-state index contributed by atoms with van der Waals surface area (Å²) in [4.78, 5) is 25.2. The van der Waals surface area contributed by atoms with Crippen molar-refractivity contribution in [2.75, 3.05) is 37.3 Å². The average Bonchev–Trinajstić information content (AvgIpc) is 2.83. The molecule has 0 bridgehead atoms. The van der Waals surface area contributed by atoms with E-state index in [1.807, 2.05) is 4.90 Å². The Morgan fingerprint density at radius 3 is 2.21 bits per heavy atom. The molecule has 1 aliphatic rings. The number of anilines is 1. The van der Waals surface area contributed by atoms with E-state index in [-0.39, 0.29) is 16.4 Å². The highest BCUT2D eigenvalue weighted by molar-refractivity contribution is 7.90. The largest absolute Gasteiger partial charge is 0.416 e. The second-order valence-electron chi connectivity index (χ2n) is 7.89. The van der Waals surface area contributed by atoms with Crippen molar-refractivity contribution in [2.45, 2.75) is 11.1 Å². The van der Waals surface area contributed by atoms with E-state index >= 15 is 0 Å². The van der Waals surface area contributed by atoms with Crippen LogP contribution in [0.5, 0.6) is 0 Å². The molecule has 7 nitrogen and oxygen atoms in total. The van der Waals surface area contributed by atoms with Gasteiger partial charge < -0.3 is 9.80 Å². The molecule has 0 saturated carbocycles. The molecule has 2 aromatic carbocycles. The summed E-state index contributed by atoms with van der Waals surface area (Å²) in [6.45, 7) is 1.48. The van der Waals surface area contributed by atoms with Gasteiger partial charge >= 0.3 is 6.18 Å². The van der Waals surface area contributed by atoms with Crippen LogP contribution in [0, 0.1) is 0 Å². The highest BCUT2D eigenvalue weighted by Crippen LogP contribution is 2.31. The number of aromatic nitrogens is 2. The molecule has 0 spiro atoms. The molecule has 1 aromatic heterocycles. The average molecular weight is 491 g/mol. The maximum atomic E-state index is 13.4. The molecule has 1 amide bonds. The van der Waals surface area contributed by atoms with E-state index in [1.54, 1.807) is 11.0 Å². The van der Waals surface area contributed by atoms with Crippen molar-refractivity contribution in [3.8, 4) is 11.3 Å². The smallest absolute Gasteiger partial charge is 0.368 e. The summed E-state index contributed by atoms with van der Waals surface area (Å²) in [7, 11) is -3.54. The molecule has 1 saturated heterocycles. The Balaban J connectivity index is 1.56. The standard InChI is InChI=1S/C23H21F3N4O3S/c1-34(32,33)18-6-7-19(21-15-27-8-9-28-21)20(14-18)22(31)30-12-10-29(11-13-30)17-4-2-16(3-5-17)23(24,25)26/h2-9,14-15H,10-13H2,1H3. The van der Waals surface area contributed by atoms with Gasteiger partial charge in [-0.3, -0.25) is 14.8 Å². The van der Waals surface area contributed by atoms with E-state index in [0.29, 0.717) is 43.1 Å². The van der Waals surface area contributed by atoms with E-state index in [1.165, 1.54) is 42.9 Å². The Bertz CT molecular complexity index is 1290. The summed E-state index contributed by atoms with van der Waals surface area (Å²) in [6.07, 6.45) is 1.15. The molecule has 0 N–H and O–H groups in total. The SMILES string of the molecule is CS(=O)(=O)c1ccc(-c2cnccn2)c(C(=O)N2CCN(c3ccc(C(F)(F)F)cc3)CC2)c1. The number of alkyl halides is 3. The fraction of sp³-hybridized carbons (Fsp3) is 0.261. The van der Waals surface area contributed by atoms with Gasteiger partial charge in [-0.05, 0) is 36.4 Å². The maximum Gasteiger partial charge on any atom is 0.416 e. The number of carbonyl (C=O) groups excluding carboxylic acids is 1. The van der Waals surface area contributed by atoms with E-state index in [4.69, 9.17) is 0 Å². The molecule has 0 radical (unpaired) electrons. The van der Waals surface area contributed by atoms with Crippen LogP contribution in [0.3, 0.4) is 0 Å². The lowest BCUT2D eigenvalue weighted by Gasteiger charge is -2.36. The Hall–Kier alpha value is -3.47. The number of sulfone groups is 1. The minimum atomic E-state index is -4.40. The van der Waals surface area contributed by atoms with Crippen molar-refractivity contribution in [3.63, 3.8) is 0 Å². The number of piperazine rings is 1. The molecule has 0 aliphatic carbocycles. The first-order valence-electron chi connectivity index (χ1n) is 10.4. The monoisotopic (exact) mass is 490 g/mol. The fourth-order valence-corrected chi connectivity index (χ4v) is 4.44. The minimum Gasteiger partial charge on any atom is -0.368 e. The molecule has 178 valence electrons. The molecule has 0 atom stereocenters. The first-order valence-corrected chi connectivity index (χ1v) is 12.2. The summed E-state index contributed by atoms with van der Waals surface area (Å²) in [5.41, 5.74) is 1.03. The summed E-state index contributed by atoms with van der Waals surface area (Å²) in [5, 5.41) is 0. The highest BCUT2D eigenvalue weighted by Gasteiger charge is 2.31. The van der Waals surface area contributed by atoms with Crippen molar-refractivity contribution in [2.24, 2.45) is 0 Å². The van der Waals surface area contributed by atoms with Crippen LogP contribution in [-0.2, 0) is 16.0 Å². The van der Waals surface area contributed by atoms with Crippen LogP contribution >= 0.6 is 0 Å². The van der Waals surface area contributed by atoms with Gasteiger partial charge in [0.15, 0.2) is 9.84 Å². The van der Waals surface area contributed by atoms with Crippen LogP contribution in [-0.4, -0.2) is 61.6 Å². The lowest BCUT2D eigenvalue weighted by atomic mass is 10.0. The first kappa shape index (κ1) is 23.7. The zero-order valence-electron chi connectivity index (χ0n) is 18.2. The lowest BCUT2D eigenvalue weighted by Crippen LogP contribution is -2.49. The molecular formula is C23H21F3N4O3S. The number of rotatable bonds is 4. The zero-order chi connectivity index (χ0) is 24.5. The molecule has 34 heavy (non-hydrogen) atoms. The number of carbonyl (C=O) groups is 1. The highest BCUT2D eigenvalue weighted by atomic mass is 32.2. The Morgan fingerprint density at radius 2 is 1.65 bits per heavy atom. The van der Waals surface area contributed by atoms with Crippen LogP contribution in [0.1, 0.15) is 15.9 Å². The number of benzene rings is 2. The minimum absolute atomic E-state index is 0.0203. The Kier molecular flexibility index (Phi) is 6.30. The van der Waals surface area contributed by atoms with E-state index in [9.17, 15) is 26.4 Å². The zero-order valence-corrected chi connectivity index (χ0v) is 19.0. The van der Waals surface area contributed by atoms with Gasteiger partial charge in [-0.15, -0.1) is 0 Å². The second-order valence-corrected chi connectivity index (χ2v) is 9.91. The van der Waals surface area contributed by atoms with Crippen LogP contribution < -0.4 is 4.90 Å². The molecule has 4 rings (SSSR count). The molecule has 1 aliphatic heterocycles. The van der Waals surface area contributed by atoms with Gasteiger partial charge in [0.05, 0.1) is 27.9 Å². The third-order valence-corrected chi connectivity index (χ3v) is 6.73. The summed E-state index contributed by atoms with van der Waals surface area (Å²) in [5.74, 6) is -0.349. The normalized spacial score (nSPS) is 14.8. The van der Waals surface area contributed by atoms with Gasteiger partial charge in [-0.1, -0.05) is 6.07 Å².